The van der Waals surface area contributed by atoms with Gasteiger partial charge in [0.15, 0.2) is 5.82 Å². The Bertz CT molecular complexity index is 990. The van der Waals surface area contributed by atoms with Crippen molar-refractivity contribution in [2.45, 2.75) is 58.8 Å². The number of carbonyl (C=O) groups is 1. The number of nitrogens with zero attached hydrogens (tertiary/aromatic N) is 2. The molecule has 1 aromatic carbocycles. The predicted octanol–water partition coefficient (Wildman–Crippen LogP) is 4.57. The van der Waals surface area contributed by atoms with E-state index >= 15 is 0 Å². The number of aromatic amines is 1. The van der Waals surface area contributed by atoms with Gasteiger partial charge in [-0.25, -0.2) is 4.98 Å². The van der Waals surface area contributed by atoms with Crippen molar-refractivity contribution in [2.75, 3.05) is 6.61 Å². The number of allylic oxidation sites excluding steroid dienone is 2. The van der Waals surface area contributed by atoms with Crippen LogP contribution < -0.4 is 0 Å². The molecule has 2 N–H and O–H groups in total. The minimum atomic E-state index is -0.353. The quantitative estimate of drug-likeness (QED) is 0.706. The number of imidazole rings is 1. The van der Waals surface area contributed by atoms with E-state index in [0.717, 1.165) is 36.0 Å². The number of hydrogen-bond acceptors (Lipinski definition) is 4. The Morgan fingerprint density at radius 1 is 1.38 bits per heavy atom. The number of carbonyl (C=O) groups excluding carboxylic acids is 1. The molecule has 0 unspecified atom stereocenters. The molecule has 0 aliphatic heterocycles. The summed E-state index contributed by atoms with van der Waals surface area (Å²) in [4.78, 5) is 19.6. The molecule has 3 rings (SSSR count). The van der Waals surface area contributed by atoms with E-state index in [9.17, 15) is 9.90 Å². The molecule has 0 saturated heterocycles. The van der Waals surface area contributed by atoms with Gasteiger partial charge < -0.3 is 10.1 Å². The normalized spacial score (nSPS) is 16.2. The molecular weight excluding hydrogens is 362 g/mol. The molecule has 1 aliphatic carbocycles. The van der Waals surface area contributed by atoms with Gasteiger partial charge in [-0.15, -0.1) is 0 Å². The third-order valence-corrected chi connectivity index (χ3v) is 5.92. The molecule has 0 fully saturated rings. The summed E-state index contributed by atoms with van der Waals surface area (Å²) >= 11 is 0. The molecule has 0 atom stereocenters. The first-order valence-corrected chi connectivity index (χ1v) is 10.1. The summed E-state index contributed by atoms with van der Waals surface area (Å²) < 4.78 is 0. The van der Waals surface area contributed by atoms with Crippen LogP contribution in [0, 0.1) is 16.7 Å². The lowest BCUT2D eigenvalue weighted by molar-refractivity contribution is 0.0984. The van der Waals surface area contributed by atoms with Gasteiger partial charge in [0.2, 0.25) is 5.78 Å². The number of ketones is 1. The minimum absolute atomic E-state index is 0.0557. The Balaban J connectivity index is 1.98. The van der Waals surface area contributed by atoms with E-state index in [0.29, 0.717) is 5.41 Å². The number of aliphatic hydroxyl groups is 1. The number of Topliss-reactive ketones (excluding diaryl/α,β-unsaturated/α-hetero) is 1. The van der Waals surface area contributed by atoms with Crippen LogP contribution >= 0.6 is 0 Å². The topological polar surface area (TPSA) is 89.8 Å². The van der Waals surface area contributed by atoms with Crippen molar-refractivity contribution >= 4 is 11.4 Å². The molecule has 0 spiro atoms. The molecule has 1 heterocycles. The summed E-state index contributed by atoms with van der Waals surface area (Å²) in [6, 6.07) is 8.09. The number of aliphatic hydroxyl groups excluding tert-OH is 1. The van der Waals surface area contributed by atoms with E-state index < -0.39 is 0 Å². The monoisotopic (exact) mass is 391 g/mol. The summed E-state index contributed by atoms with van der Waals surface area (Å²) in [5.74, 6) is 0.0738. The van der Waals surface area contributed by atoms with Gasteiger partial charge in [0.25, 0.3) is 0 Å². The van der Waals surface area contributed by atoms with Crippen molar-refractivity contribution in [1.29, 1.82) is 5.26 Å². The van der Waals surface area contributed by atoms with Crippen LogP contribution in [0.25, 0.3) is 5.57 Å². The van der Waals surface area contributed by atoms with E-state index in [4.69, 9.17) is 5.26 Å². The fourth-order valence-corrected chi connectivity index (χ4v) is 3.64. The van der Waals surface area contributed by atoms with E-state index in [2.05, 4.69) is 36.0 Å². The Hall–Kier alpha value is -2.71. The molecule has 152 valence electrons. The smallest absolute Gasteiger partial charge is 0.202 e. The Labute approximate surface area is 172 Å². The first kappa shape index (κ1) is 21.0. The van der Waals surface area contributed by atoms with Gasteiger partial charge in [-0.3, -0.25) is 4.79 Å². The molecular formula is C24H29N3O2. The Morgan fingerprint density at radius 2 is 2.14 bits per heavy atom. The summed E-state index contributed by atoms with van der Waals surface area (Å²) in [7, 11) is 0. The molecule has 5 heteroatoms. The number of benzene rings is 1. The highest BCUT2D eigenvalue weighted by Crippen LogP contribution is 2.40. The van der Waals surface area contributed by atoms with Crippen molar-refractivity contribution in [1.82, 2.24) is 9.97 Å². The average Bonchev–Trinajstić information content (AvgIpc) is 3.18. The lowest BCUT2D eigenvalue weighted by Crippen LogP contribution is -2.23. The number of H-pyrrole nitrogens is 1. The molecule has 0 saturated carbocycles. The van der Waals surface area contributed by atoms with Gasteiger partial charge in [0.05, 0.1) is 12.8 Å². The van der Waals surface area contributed by atoms with Crippen molar-refractivity contribution in [3.8, 4) is 6.07 Å². The van der Waals surface area contributed by atoms with Crippen LogP contribution in [-0.2, 0) is 11.8 Å². The van der Waals surface area contributed by atoms with Gasteiger partial charge in [-0.1, -0.05) is 52.0 Å². The number of rotatable bonds is 6. The summed E-state index contributed by atoms with van der Waals surface area (Å²) in [5.41, 5.74) is 4.58. The lowest BCUT2D eigenvalue weighted by atomic mass is 9.75. The Kier molecular flexibility index (Phi) is 5.77. The zero-order chi connectivity index (χ0) is 21.2. The maximum atomic E-state index is 12.8. The number of nitrogens with one attached hydrogen (secondary N) is 1. The highest BCUT2D eigenvalue weighted by Gasteiger charge is 2.26. The average molecular weight is 392 g/mol. The van der Waals surface area contributed by atoms with E-state index in [1.165, 1.54) is 11.8 Å². The summed E-state index contributed by atoms with van der Waals surface area (Å²) in [5, 5.41) is 18.7. The SMILES string of the molecule is CC1(C)CC=C(c2cc(C(C)(C)CO)ccc2CC(=O)c2ncc(C#N)[nH]2)CC1. The second kappa shape index (κ2) is 7.96. The second-order valence-electron chi connectivity index (χ2n) is 9.37. The van der Waals surface area contributed by atoms with Gasteiger partial charge in [0.1, 0.15) is 11.8 Å². The van der Waals surface area contributed by atoms with Gasteiger partial charge >= 0.3 is 0 Å². The van der Waals surface area contributed by atoms with Crippen LogP contribution in [0.2, 0.25) is 0 Å². The third-order valence-electron chi connectivity index (χ3n) is 5.92. The van der Waals surface area contributed by atoms with Crippen molar-refractivity contribution in [3.05, 3.63) is 58.7 Å². The molecule has 2 aromatic rings. The van der Waals surface area contributed by atoms with E-state index in [1.54, 1.807) is 0 Å². The molecule has 1 aromatic heterocycles. The first-order valence-electron chi connectivity index (χ1n) is 10.1. The molecule has 0 amide bonds. The van der Waals surface area contributed by atoms with Crippen LogP contribution in [0.15, 0.2) is 30.5 Å². The molecule has 1 aliphatic rings. The number of aromatic nitrogens is 2. The van der Waals surface area contributed by atoms with Gasteiger partial charge in [0, 0.05) is 11.8 Å². The highest BCUT2D eigenvalue weighted by atomic mass is 16.3. The van der Waals surface area contributed by atoms with Crippen LogP contribution in [0.1, 0.15) is 80.0 Å². The maximum absolute atomic E-state index is 12.8. The highest BCUT2D eigenvalue weighted by molar-refractivity contribution is 5.95. The summed E-state index contributed by atoms with van der Waals surface area (Å²) in [6.45, 7) is 8.64. The maximum Gasteiger partial charge on any atom is 0.202 e. The fraction of sp³-hybridized carbons (Fsp3) is 0.458. The molecule has 29 heavy (non-hydrogen) atoms. The van der Waals surface area contributed by atoms with E-state index in [-0.39, 0.29) is 35.7 Å². The number of nitriles is 1. The van der Waals surface area contributed by atoms with Crippen molar-refractivity contribution in [2.24, 2.45) is 5.41 Å². The van der Waals surface area contributed by atoms with Gasteiger partial charge in [-0.05, 0) is 46.9 Å². The van der Waals surface area contributed by atoms with Crippen LogP contribution in [0.4, 0.5) is 0 Å². The van der Waals surface area contributed by atoms with Gasteiger partial charge in [-0.2, -0.15) is 5.26 Å². The largest absolute Gasteiger partial charge is 0.395 e. The zero-order valence-electron chi connectivity index (χ0n) is 17.7. The fourth-order valence-electron chi connectivity index (χ4n) is 3.64. The summed E-state index contributed by atoms with van der Waals surface area (Å²) in [6.07, 6.45) is 6.97. The van der Waals surface area contributed by atoms with Crippen molar-refractivity contribution < 1.29 is 9.90 Å². The van der Waals surface area contributed by atoms with Crippen LogP contribution in [0.5, 0.6) is 0 Å². The van der Waals surface area contributed by atoms with Crippen LogP contribution in [-0.4, -0.2) is 27.5 Å². The second-order valence-corrected chi connectivity index (χ2v) is 9.37. The Morgan fingerprint density at radius 3 is 2.72 bits per heavy atom. The van der Waals surface area contributed by atoms with Crippen LogP contribution in [0.3, 0.4) is 0 Å². The van der Waals surface area contributed by atoms with E-state index in [1.807, 2.05) is 32.0 Å². The number of hydrogen-bond donors (Lipinski definition) is 2. The molecule has 0 bridgehead atoms. The first-order chi connectivity index (χ1) is 13.6. The van der Waals surface area contributed by atoms with Crippen molar-refractivity contribution in [3.63, 3.8) is 0 Å². The molecule has 5 nitrogen and oxygen atoms in total. The third kappa shape index (κ3) is 4.65. The standard InChI is InChI=1S/C24H29N3O2/c1-23(2)9-7-16(8-10-23)20-12-18(24(3,4)15-28)6-5-17(20)11-21(29)22-26-14-19(13-25)27-22/h5-7,12,14,28H,8-11,15H2,1-4H3,(H,26,27). The predicted molar refractivity (Wildman–Crippen MR) is 114 cm³/mol. The minimum Gasteiger partial charge on any atom is -0.395 e. The molecule has 0 radical (unpaired) electrons. The lowest BCUT2D eigenvalue weighted by Gasteiger charge is -2.30. The zero-order valence-corrected chi connectivity index (χ0v) is 17.7.